The molecule has 1 spiro atoms. The largest absolute Gasteiger partial charge is 0.356 e. The number of fused-ring (bicyclic) bond motifs is 1. The van der Waals surface area contributed by atoms with Gasteiger partial charge in [-0.25, -0.2) is 0 Å². The zero-order valence-electron chi connectivity index (χ0n) is 21.5. The summed E-state index contributed by atoms with van der Waals surface area (Å²) in [4.78, 5) is 56.1. The third-order valence-corrected chi connectivity index (χ3v) is 8.15. The number of nitrogens with zero attached hydrogens (tertiary/aromatic N) is 1. The number of ketones is 1. The first-order chi connectivity index (χ1) is 17.4. The lowest BCUT2D eigenvalue weighted by molar-refractivity contribution is -0.134. The smallest absolute Gasteiger partial charge is 0.246 e. The van der Waals surface area contributed by atoms with Crippen LogP contribution >= 0.6 is 11.3 Å². The molecule has 9 heteroatoms. The molecule has 2 saturated heterocycles. The highest BCUT2D eigenvalue weighted by Gasteiger charge is 2.76. The molecule has 2 bridgehead atoms. The number of carbonyl (C=O) groups is 4. The summed E-state index contributed by atoms with van der Waals surface area (Å²) in [6.07, 6.45) is 3.58. The summed E-state index contributed by atoms with van der Waals surface area (Å²) in [5, 5.41) is 7.90. The van der Waals surface area contributed by atoms with Gasteiger partial charge in [-0.3, -0.25) is 24.1 Å². The van der Waals surface area contributed by atoms with Gasteiger partial charge in [0.05, 0.1) is 24.0 Å². The van der Waals surface area contributed by atoms with E-state index in [4.69, 9.17) is 4.74 Å². The van der Waals surface area contributed by atoms with Crippen molar-refractivity contribution in [2.75, 3.05) is 4.90 Å². The van der Waals surface area contributed by atoms with Gasteiger partial charge >= 0.3 is 0 Å². The van der Waals surface area contributed by atoms with Crippen molar-refractivity contribution in [3.63, 3.8) is 0 Å². The van der Waals surface area contributed by atoms with Crippen LogP contribution in [0.4, 0.5) is 5.69 Å². The molecule has 0 radical (unpaired) electrons. The molecule has 2 fully saturated rings. The van der Waals surface area contributed by atoms with Gasteiger partial charge in [-0.05, 0) is 58.2 Å². The highest BCUT2D eigenvalue weighted by Crippen LogP contribution is 2.60. The molecule has 8 nitrogen and oxygen atoms in total. The third kappa shape index (κ3) is 4.10. The fourth-order valence-electron chi connectivity index (χ4n) is 5.82. The van der Waals surface area contributed by atoms with Gasteiger partial charge in [-0.15, -0.1) is 11.3 Å². The molecular weight excluding hydrogens is 490 g/mol. The lowest BCUT2D eigenvalue weighted by Crippen LogP contribution is -2.58. The quantitative estimate of drug-likeness (QED) is 0.449. The maximum Gasteiger partial charge on any atom is 0.246 e. The van der Waals surface area contributed by atoms with E-state index in [2.05, 4.69) is 10.6 Å². The molecule has 3 aliphatic rings. The van der Waals surface area contributed by atoms with E-state index in [0.29, 0.717) is 17.8 Å². The number of ether oxygens (including phenoxy) is 1. The van der Waals surface area contributed by atoms with Crippen molar-refractivity contribution >= 4 is 40.5 Å². The molecule has 3 amide bonds. The summed E-state index contributed by atoms with van der Waals surface area (Å²) in [5.41, 5.74) is -2.08. The zero-order chi connectivity index (χ0) is 26.8. The first kappa shape index (κ1) is 25.4. The van der Waals surface area contributed by atoms with Crippen molar-refractivity contribution in [1.82, 2.24) is 10.6 Å². The van der Waals surface area contributed by atoms with Gasteiger partial charge < -0.3 is 15.4 Å². The van der Waals surface area contributed by atoms with Gasteiger partial charge in [0.15, 0.2) is 5.78 Å². The van der Waals surface area contributed by atoms with Gasteiger partial charge in [0.2, 0.25) is 17.7 Å². The average molecular weight is 522 g/mol. The molecule has 5 atom stereocenters. The summed E-state index contributed by atoms with van der Waals surface area (Å²) in [6, 6.07) is 9.45. The second-order valence-electron chi connectivity index (χ2n) is 11.2. The maximum atomic E-state index is 14.2. The summed E-state index contributed by atoms with van der Waals surface area (Å²) < 4.78 is 6.53. The summed E-state index contributed by atoms with van der Waals surface area (Å²) in [5.74, 6) is -2.93. The number of Topliss-reactive ketones (excluding diaryl/α,β-unsaturated/α-hetero) is 1. The maximum absolute atomic E-state index is 14.2. The Morgan fingerprint density at radius 2 is 1.86 bits per heavy atom. The molecular formula is C28H31N3O5S. The predicted molar refractivity (Wildman–Crippen MR) is 140 cm³/mol. The Morgan fingerprint density at radius 1 is 1.11 bits per heavy atom. The van der Waals surface area contributed by atoms with E-state index < -0.39 is 34.6 Å². The van der Waals surface area contributed by atoms with Crippen molar-refractivity contribution in [3.8, 4) is 0 Å². The number of hydrogen-bond donors (Lipinski definition) is 2. The van der Waals surface area contributed by atoms with Crippen LogP contribution in [0.3, 0.4) is 0 Å². The molecule has 0 aliphatic carbocycles. The van der Waals surface area contributed by atoms with Crippen LogP contribution in [-0.2, 0) is 25.7 Å². The van der Waals surface area contributed by atoms with Gasteiger partial charge in [-0.1, -0.05) is 30.4 Å². The normalized spacial score (nSPS) is 29.9. The number of hydrogen-bond acceptors (Lipinski definition) is 6. The standard InChI is InChI=1S/C28H31N3O5S/c1-16(32)17-8-6-9-18(14-17)31-22(24(34)30-26(2,3)4)28-12-11-27(5,36-28)20(21(28)25(31)35)23(33)29-15-19-10-7-13-37-19/h6-14,20-22H,15H2,1-5H3,(H,29,33)(H,30,34)/t20-,21+,22-,27+,28-/m0/s1. The highest BCUT2D eigenvalue weighted by atomic mass is 32.1. The lowest BCUT2D eigenvalue weighted by Gasteiger charge is -2.35. The Labute approximate surface area is 220 Å². The summed E-state index contributed by atoms with van der Waals surface area (Å²) in [6.45, 7) is 9.18. The van der Waals surface area contributed by atoms with Crippen molar-refractivity contribution in [3.05, 3.63) is 64.4 Å². The van der Waals surface area contributed by atoms with Crippen LogP contribution in [0, 0.1) is 11.8 Å². The molecule has 0 saturated carbocycles. The fourth-order valence-corrected chi connectivity index (χ4v) is 6.47. The second-order valence-corrected chi connectivity index (χ2v) is 12.2. The van der Waals surface area contributed by atoms with E-state index >= 15 is 0 Å². The van der Waals surface area contributed by atoms with E-state index in [0.717, 1.165) is 4.88 Å². The second kappa shape index (κ2) is 8.63. The first-order valence-electron chi connectivity index (χ1n) is 12.3. The number of carbonyl (C=O) groups excluding carboxylic acids is 4. The molecule has 1 aromatic carbocycles. The van der Waals surface area contributed by atoms with E-state index in [9.17, 15) is 19.2 Å². The van der Waals surface area contributed by atoms with Crippen LogP contribution in [0.15, 0.2) is 53.9 Å². The van der Waals surface area contributed by atoms with Gasteiger partial charge in [0, 0.05) is 21.7 Å². The lowest BCUT2D eigenvalue weighted by atomic mass is 9.70. The average Bonchev–Trinajstić information content (AvgIpc) is 3.55. The monoisotopic (exact) mass is 521 g/mol. The van der Waals surface area contributed by atoms with Crippen LogP contribution in [0.5, 0.6) is 0 Å². The van der Waals surface area contributed by atoms with Crippen molar-refractivity contribution < 1.29 is 23.9 Å². The topological polar surface area (TPSA) is 105 Å². The number of nitrogens with one attached hydrogen (secondary N) is 2. The Bertz CT molecular complexity index is 1310. The predicted octanol–water partition coefficient (Wildman–Crippen LogP) is 3.23. The van der Waals surface area contributed by atoms with E-state index in [1.165, 1.54) is 23.2 Å². The molecule has 194 valence electrons. The number of thiophene rings is 1. The Balaban J connectivity index is 1.57. The molecule has 3 aliphatic heterocycles. The molecule has 2 N–H and O–H groups in total. The van der Waals surface area contributed by atoms with Crippen LogP contribution in [-0.4, -0.2) is 46.3 Å². The molecule has 2 aromatic rings. The van der Waals surface area contributed by atoms with E-state index in [1.807, 2.05) is 38.3 Å². The van der Waals surface area contributed by atoms with E-state index in [-0.39, 0.29) is 23.5 Å². The minimum absolute atomic E-state index is 0.155. The highest BCUT2D eigenvalue weighted by molar-refractivity contribution is 7.09. The van der Waals surface area contributed by atoms with Crippen LogP contribution < -0.4 is 15.5 Å². The zero-order valence-corrected chi connectivity index (χ0v) is 22.3. The van der Waals surface area contributed by atoms with Crippen LogP contribution in [0.1, 0.15) is 49.9 Å². The van der Waals surface area contributed by atoms with Gasteiger partial charge in [-0.2, -0.15) is 0 Å². The molecule has 0 unspecified atom stereocenters. The summed E-state index contributed by atoms with van der Waals surface area (Å²) >= 11 is 1.54. The van der Waals surface area contributed by atoms with Crippen molar-refractivity contribution in [2.45, 2.75) is 63.9 Å². The van der Waals surface area contributed by atoms with Crippen LogP contribution in [0.25, 0.3) is 0 Å². The number of anilines is 1. The van der Waals surface area contributed by atoms with Gasteiger partial charge in [0.1, 0.15) is 11.6 Å². The van der Waals surface area contributed by atoms with Gasteiger partial charge in [0.25, 0.3) is 0 Å². The molecule has 5 rings (SSSR count). The first-order valence-corrected chi connectivity index (χ1v) is 13.2. The fraction of sp³-hybridized carbons (Fsp3) is 0.429. The minimum atomic E-state index is -1.32. The van der Waals surface area contributed by atoms with Crippen molar-refractivity contribution in [2.24, 2.45) is 11.8 Å². The Hall–Kier alpha value is -3.30. The number of rotatable bonds is 6. The third-order valence-electron chi connectivity index (χ3n) is 7.27. The summed E-state index contributed by atoms with van der Waals surface area (Å²) in [7, 11) is 0. The SMILES string of the molecule is CC(=O)c1cccc(N2C(=O)[C@H]3[C@@H](C(=O)NCc4cccs4)[C@@]4(C)C=C[C@@]3(O4)[C@@H]2C(=O)NC(C)(C)C)c1. The number of amides is 3. The van der Waals surface area contributed by atoms with Crippen LogP contribution in [0.2, 0.25) is 0 Å². The minimum Gasteiger partial charge on any atom is -0.356 e. The van der Waals surface area contributed by atoms with Crippen molar-refractivity contribution in [1.29, 1.82) is 0 Å². The van der Waals surface area contributed by atoms with E-state index in [1.54, 1.807) is 43.3 Å². The molecule has 4 heterocycles. The Morgan fingerprint density at radius 3 is 2.51 bits per heavy atom. The number of benzene rings is 1. The molecule has 1 aromatic heterocycles. The Kier molecular flexibility index (Phi) is 5.91. The molecule has 37 heavy (non-hydrogen) atoms.